The number of aromatic nitrogens is 2. The topological polar surface area (TPSA) is 64.4 Å². The third-order valence-corrected chi connectivity index (χ3v) is 6.82. The Morgan fingerprint density at radius 3 is 2.62 bits per heavy atom. The van der Waals surface area contributed by atoms with Crippen LogP contribution in [0.4, 0.5) is 9.18 Å². The lowest BCUT2D eigenvalue weighted by molar-refractivity contribution is -0.0156. The van der Waals surface area contributed by atoms with Crippen molar-refractivity contribution >= 4 is 6.09 Å². The Labute approximate surface area is 188 Å². The zero-order chi connectivity index (χ0) is 22.9. The van der Waals surface area contributed by atoms with E-state index in [-0.39, 0.29) is 23.0 Å². The summed E-state index contributed by atoms with van der Waals surface area (Å²) in [5.74, 6) is -0.112. The van der Waals surface area contributed by atoms with Crippen LogP contribution < -0.4 is 5.56 Å². The molecule has 0 unspecified atom stereocenters. The molecule has 1 spiro atoms. The molecular weight excluding hydrogens is 409 g/mol. The van der Waals surface area contributed by atoms with Gasteiger partial charge in [-0.05, 0) is 63.5 Å². The number of halogens is 1. The molecule has 1 saturated carbocycles. The van der Waals surface area contributed by atoms with Gasteiger partial charge >= 0.3 is 6.09 Å². The van der Waals surface area contributed by atoms with E-state index >= 15 is 0 Å². The second kappa shape index (κ2) is 8.68. The fourth-order valence-corrected chi connectivity index (χ4v) is 5.24. The van der Waals surface area contributed by atoms with Crippen LogP contribution in [0.3, 0.4) is 0 Å². The summed E-state index contributed by atoms with van der Waals surface area (Å²) in [6.45, 7) is 7.50. The van der Waals surface area contributed by atoms with Crippen LogP contribution in [0.15, 0.2) is 41.5 Å². The predicted molar refractivity (Wildman–Crippen MR) is 121 cm³/mol. The van der Waals surface area contributed by atoms with Gasteiger partial charge in [0.1, 0.15) is 11.4 Å². The van der Waals surface area contributed by atoms with E-state index < -0.39 is 11.4 Å². The SMILES string of the molecule is CC(C)(C)OC(=O)N1CC[C@H](Cn2cnc(-c3ccccc3F)cc2=O)C2(CCCC2)C1. The highest BCUT2D eigenvalue weighted by Crippen LogP contribution is 2.49. The van der Waals surface area contributed by atoms with Crippen molar-refractivity contribution in [3.8, 4) is 11.3 Å². The van der Waals surface area contributed by atoms with E-state index in [9.17, 15) is 14.0 Å². The molecule has 1 saturated heterocycles. The van der Waals surface area contributed by atoms with Gasteiger partial charge in [-0.15, -0.1) is 0 Å². The summed E-state index contributed by atoms with van der Waals surface area (Å²) in [6.07, 6.45) is 6.47. The van der Waals surface area contributed by atoms with Crippen molar-refractivity contribution < 1.29 is 13.9 Å². The molecule has 1 atom stereocenters. The van der Waals surface area contributed by atoms with Crippen molar-refractivity contribution in [2.75, 3.05) is 13.1 Å². The van der Waals surface area contributed by atoms with Gasteiger partial charge in [-0.1, -0.05) is 25.0 Å². The van der Waals surface area contributed by atoms with Crippen LogP contribution in [0, 0.1) is 17.2 Å². The minimum atomic E-state index is -0.518. The van der Waals surface area contributed by atoms with Crippen LogP contribution in [-0.4, -0.2) is 39.2 Å². The molecule has 6 nitrogen and oxygen atoms in total. The second-order valence-corrected chi connectivity index (χ2v) is 10.2. The number of likely N-dealkylation sites (tertiary alicyclic amines) is 1. The predicted octanol–water partition coefficient (Wildman–Crippen LogP) is 4.87. The first-order valence-electron chi connectivity index (χ1n) is 11.5. The van der Waals surface area contributed by atoms with E-state index in [0.29, 0.717) is 30.9 Å². The minimum Gasteiger partial charge on any atom is -0.444 e. The molecule has 1 aliphatic heterocycles. The van der Waals surface area contributed by atoms with Gasteiger partial charge in [-0.2, -0.15) is 0 Å². The van der Waals surface area contributed by atoms with Crippen LogP contribution >= 0.6 is 0 Å². The molecule has 32 heavy (non-hydrogen) atoms. The van der Waals surface area contributed by atoms with Gasteiger partial charge in [0.25, 0.3) is 5.56 Å². The zero-order valence-corrected chi connectivity index (χ0v) is 19.1. The molecule has 7 heteroatoms. The van der Waals surface area contributed by atoms with E-state index in [1.54, 1.807) is 22.8 Å². The summed E-state index contributed by atoms with van der Waals surface area (Å²) >= 11 is 0. The number of amides is 1. The monoisotopic (exact) mass is 441 g/mol. The van der Waals surface area contributed by atoms with E-state index in [2.05, 4.69) is 4.98 Å². The summed E-state index contributed by atoms with van der Waals surface area (Å²) in [7, 11) is 0. The van der Waals surface area contributed by atoms with Gasteiger partial charge < -0.3 is 9.64 Å². The molecule has 0 radical (unpaired) electrons. The molecule has 2 aromatic rings. The van der Waals surface area contributed by atoms with Gasteiger partial charge in [0.05, 0.1) is 12.0 Å². The van der Waals surface area contributed by atoms with Crippen LogP contribution in [0.2, 0.25) is 0 Å². The molecule has 4 rings (SSSR count). The molecular formula is C25H32FN3O3. The number of nitrogens with zero attached hydrogens (tertiary/aromatic N) is 3. The number of carbonyl (C=O) groups is 1. The zero-order valence-electron chi connectivity index (χ0n) is 19.1. The van der Waals surface area contributed by atoms with Gasteiger partial charge in [0.15, 0.2) is 0 Å². The van der Waals surface area contributed by atoms with Crippen LogP contribution in [-0.2, 0) is 11.3 Å². The third-order valence-electron chi connectivity index (χ3n) is 6.82. The number of hydrogen-bond acceptors (Lipinski definition) is 4. The molecule has 2 heterocycles. The maximum absolute atomic E-state index is 14.1. The average molecular weight is 442 g/mol. The Hall–Kier alpha value is -2.70. The van der Waals surface area contributed by atoms with Crippen LogP contribution in [0.1, 0.15) is 52.9 Å². The van der Waals surface area contributed by atoms with Crippen LogP contribution in [0.25, 0.3) is 11.3 Å². The quantitative estimate of drug-likeness (QED) is 0.682. The second-order valence-electron chi connectivity index (χ2n) is 10.2. The highest BCUT2D eigenvalue weighted by Gasteiger charge is 2.46. The molecule has 1 aromatic heterocycles. The van der Waals surface area contributed by atoms with E-state index in [0.717, 1.165) is 32.1 Å². The normalized spacial score (nSPS) is 20.5. The lowest BCUT2D eigenvalue weighted by Gasteiger charge is -2.46. The first-order chi connectivity index (χ1) is 15.2. The number of carbonyl (C=O) groups excluding carboxylic acids is 1. The summed E-state index contributed by atoms with van der Waals surface area (Å²) in [5.41, 5.74) is -0.0236. The largest absolute Gasteiger partial charge is 0.444 e. The fraction of sp³-hybridized carbons (Fsp3) is 0.560. The van der Waals surface area contributed by atoms with E-state index in [4.69, 9.17) is 4.74 Å². The smallest absolute Gasteiger partial charge is 0.410 e. The Kier molecular flexibility index (Phi) is 6.10. The number of rotatable bonds is 3. The molecule has 2 aliphatic rings. The summed E-state index contributed by atoms with van der Waals surface area (Å²) in [5, 5.41) is 0. The summed E-state index contributed by atoms with van der Waals surface area (Å²) < 4.78 is 21.3. The first-order valence-corrected chi connectivity index (χ1v) is 11.5. The molecule has 2 fully saturated rings. The maximum atomic E-state index is 14.1. The summed E-state index contributed by atoms with van der Waals surface area (Å²) in [6, 6.07) is 7.75. The highest BCUT2D eigenvalue weighted by atomic mass is 19.1. The average Bonchev–Trinajstić information content (AvgIpc) is 3.19. The van der Waals surface area contributed by atoms with Gasteiger partial charge in [0.2, 0.25) is 0 Å². The summed E-state index contributed by atoms with van der Waals surface area (Å²) in [4.78, 5) is 31.7. The lowest BCUT2D eigenvalue weighted by Crippen LogP contribution is -2.52. The van der Waals surface area contributed by atoms with Crippen LogP contribution in [0.5, 0.6) is 0 Å². The van der Waals surface area contributed by atoms with Crippen molar-refractivity contribution in [3.05, 3.63) is 52.8 Å². The maximum Gasteiger partial charge on any atom is 0.410 e. The Balaban J connectivity index is 1.52. The molecule has 1 aliphatic carbocycles. The van der Waals surface area contributed by atoms with E-state index in [1.165, 1.54) is 18.5 Å². The molecule has 1 aromatic carbocycles. The van der Waals surface area contributed by atoms with Crippen molar-refractivity contribution in [1.82, 2.24) is 14.5 Å². The van der Waals surface area contributed by atoms with Crippen molar-refractivity contribution in [2.45, 2.75) is 65.0 Å². The van der Waals surface area contributed by atoms with Gasteiger partial charge in [-0.3, -0.25) is 9.36 Å². The standard InChI is InChI=1S/C25H32FN3O3/c1-24(2,3)32-23(31)28-13-10-18(25(16-28)11-6-7-12-25)15-29-17-27-21(14-22(29)30)19-8-4-5-9-20(19)26/h4-5,8-9,14,17-18H,6-7,10-13,15-16H2,1-3H3/t18-/m1/s1. The van der Waals surface area contributed by atoms with Gasteiger partial charge in [-0.25, -0.2) is 14.2 Å². The number of benzene rings is 1. The number of ether oxygens (including phenoxy) is 1. The third kappa shape index (κ3) is 4.71. The van der Waals surface area contributed by atoms with Crippen molar-refractivity contribution in [1.29, 1.82) is 0 Å². The molecule has 172 valence electrons. The van der Waals surface area contributed by atoms with E-state index in [1.807, 2.05) is 25.7 Å². The Morgan fingerprint density at radius 2 is 1.97 bits per heavy atom. The fourth-order valence-electron chi connectivity index (χ4n) is 5.24. The lowest BCUT2D eigenvalue weighted by atomic mass is 9.69. The van der Waals surface area contributed by atoms with Crippen molar-refractivity contribution in [2.24, 2.45) is 11.3 Å². The number of hydrogen-bond donors (Lipinski definition) is 0. The van der Waals surface area contributed by atoms with Crippen molar-refractivity contribution in [3.63, 3.8) is 0 Å². The molecule has 0 N–H and O–H groups in total. The molecule has 1 amide bonds. The molecule has 0 bridgehead atoms. The van der Waals surface area contributed by atoms with Gasteiger partial charge in [0, 0.05) is 31.3 Å². The number of piperidine rings is 1. The Morgan fingerprint density at radius 1 is 1.25 bits per heavy atom. The highest BCUT2D eigenvalue weighted by molar-refractivity contribution is 5.68. The minimum absolute atomic E-state index is 0.00119. The first kappa shape index (κ1) is 22.5. The Bertz CT molecular complexity index is 1040.